The number of rotatable bonds is 8. The summed E-state index contributed by atoms with van der Waals surface area (Å²) in [6.07, 6.45) is 5.34. The molecule has 3 aromatic heterocycles. The van der Waals surface area contributed by atoms with E-state index in [-0.39, 0.29) is 18.7 Å². The predicted molar refractivity (Wildman–Crippen MR) is 150 cm³/mol. The summed E-state index contributed by atoms with van der Waals surface area (Å²) in [5.74, 6) is -0.891. The predicted octanol–water partition coefficient (Wildman–Crippen LogP) is 5.63. The Morgan fingerprint density at radius 2 is 1.95 bits per heavy atom. The van der Waals surface area contributed by atoms with Crippen LogP contribution in [0.25, 0.3) is 16.6 Å². The van der Waals surface area contributed by atoms with Crippen molar-refractivity contribution in [3.05, 3.63) is 66.9 Å². The smallest absolute Gasteiger partial charge is 0.296 e. The first kappa shape index (κ1) is 26.6. The van der Waals surface area contributed by atoms with E-state index in [9.17, 15) is 8.78 Å². The highest BCUT2D eigenvalue weighted by Crippen LogP contribution is 2.42. The van der Waals surface area contributed by atoms with Gasteiger partial charge < -0.3 is 24.4 Å². The zero-order valence-corrected chi connectivity index (χ0v) is 22.8. The molecule has 5 aromatic rings. The molecule has 0 unspecified atom stereocenters. The lowest BCUT2D eigenvalue weighted by atomic mass is 10.0. The number of ether oxygens (including phenoxy) is 3. The van der Waals surface area contributed by atoms with Crippen LogP contribution in [0.4, 0.5) is 20.3 Å². The van der Waals surface area contributed by atoms with Gasteiger partial charge in [0.1, 0.15) is 17.9 Å². The molecule has 12 heteroatoms. The van der Waals surface area contributed by atoms with Gasteiger partial charge in [0.05, 0.1) is 42.6 Å². The largest absolute Gasteiger partial charge is 0.490 e. The lowest BCUT2D eigenvalue weighted by Crippen LogP contribution is -2.52. The van der Waals surface area contributed by atoms with Gasteiger partial charge in [0.15, 0.2) is 29.0 Å². The van der Waals surface area contributed by atoms with Crippen LogP contribution < -0.4 is 19.5 Å². The quantitative estimate of drug-likeness (QED) is 0.258. The van der Waals surface area contributed by atoms with Crippen LogP contribution in [0.3, 0.4) is 0 Å². The molecule has 1 aliphatic heterocycles. The van der Waals surface area contributed by atoms with Gasteiger partial charge in [-0.15, -0.1) is 0 Å². The van der Waals surface area contributed by atoms with Gasteiger partial charge in [0, 0.05) is 24.7 Å². The molecule has 10 nitrogen and oxygen atoms in total. The van der Waals surface area contributed by atoms with Crippen LogP contribution in [0.5, 0.6) is 23.0 Å². The maximum Gasteiger partial charge on any atom is 0.296 e. The van der Waals surface area contributed by atoms with Crippen LogP contribution in [0, 0.1) is 6.92 Å². The molecule has 1 atom stereocenters. The third kappa shape index (κ3) is 5.42. The Balaban J connectivity index is 1.32. The number of nitrogens with zero attached hydrogens (tertiary/aromatic N) is 6. The van der Waals surface area contributed by atoms with Gasteiger partial charge in [-0.1, -0.05) is 0 Å². The van der Waals surface area contributed by atoms with Crippen molar-refractivity contribution < 1.29 is 23.0 Å². The third-order valence-corrected chi connectivity index (χ3v) is 6.89. The highest BCUT2D eigenvalue weighted by Gasteiger charge is 2.46. The zero-order chi connectivity index (χ0) is 28.6. The molecule has 0 amide bonds. The minimum Gasteiger partial charge on any atom is -0.490 e. The number of aromatic nitrogens is 5. The van der Waals surface area contributed by atoms with Crippen molar-refractivity contribution in [1.82, 2.24) is 29.5 Å². The molecule has 1 saturated heterocycles. The fourth-order valence-corrected chi connectivity index (χ4v) is 4.91. The molecule has 0 bridgehead atoms. The van der Waals surface area contributed by atoms with Crippen molar-refractivity contribution in [3.63, 3.8) is 0 Å². The number of benzene rings is 2. The number of fused-ring (bicyclic) bond motifs is 2. The van der Waals surface area contributed by atoms with Gasteiger partial charge in [-0.25, -0.2) is 28.2 Å². The summed E-state index contributed by atoms with van der Waals surface area (Å²) in [6.45, 7) is 4.20. The minimum atomic E-state index is -3.04. The molecule has 0 radical (unpaired) electrons. The van der Waals surface area contributed by atoms with Crippen LogP contribution in [0.15, 0.2) is 61.3 Å². The Labute approximate surface area is 234 Å². The van der Waals surface area contributed by atoms with Crippen LogP contribution in [-0.2, 0) is 0 Å². The van der Waals surface area contributed by atoms with Gasteiger partial charge in [0.2, 0.25) is 0 Å². The fraction of sp³-hybridized carbons (Fsp3) is 0.310. The molecule has 2 aromatic carbocycles. The summed E-state index contributed by atoms with van der Waals surface area (Å²) < 4.78 is 49.5. The normalized spacial score (nSPS) is 17.0. The molecule has 41 heavy (non-hydrogen) atoms. The lowest BCUT2D eigenvalue weighted by molar-refractivity contribution is -0.135. The summed E-state index contributed by atoms with van der Waals surface area (Å²) in [4.78, 5) is 14.7. The van der Waals surface area contributed by atoms with E-state index >= 15 is 0 Å². The summed E-state index contributed by atoms with van der Waals surface area (Å²) in [7, 11) is 1.68. The Morgan fingerprint density at radius 3 is 2.76 bits per heavy atom. The summed E-state index contributed by atoms with van der Waals surface area (Å²) >= 11 is 0. The Bertz CT molecular complexity index is 1710. The third-order valence-electron chi connectivity index (χ3n) is 6.89. The highest BCUT2D eigenvalue weighted by atomic mass is 19.3. The van der Waals surface area contributed by atoms with Crippen molar-refractivity contribution in [2.24, 2.45) is 0 Å². The lowest BCUT2D eigenvalue weighted by Gasteiger charge is -2.36. The number of piperidine rings is 1. The van der Waals surface area contributed by atoms with Crippen molar-refractivity contribution in [3.8, 4) is 23.0 Å². The van der Waals surface area contributed by atoms with Gasteiger partial charge in [-0.05, 0) is 56.8 Å². The first-order valence-electron chi connectivity index (χ1n) is 13.3. The van der Waals surface area contributed by atoms with Crippen LogP contribution >= 0.6 is 0 Å². The molecule has 0 saturated carbocycles. The number of aryl methyl sites for hydroxylation is 1. The van der Waals surface area contributed by atoms with Crippen LogP contribution in [-0.4, -0.2) is 68.2 Å². The zero-order valence-electron chi connectivity index (χ0n) is 22.8. The molecule has 0 spiro atoms. The van der Waals surface area contributed by atoms with Crippen molar-refractivity contribution in [2.75, 3.05) is 32.1 Å². The monoisotopic (exact) mass is 561 g/mol. The standard InChI is InChI=1S/C29H29F2N7O3/c1-4-39-23-8-6-21-26(27(23)41-24-10-12-37(3)16-29(24,30)31)28(34-17-33-21)36-19-5-7-22(18(2)13-19)40-20-14-32-25-9-11-35-38(25)15-20/h5-9,11,13-15,17,24H,4,10,12,16H2,1-3H3,(H,33,34,36)/t24-/m0/s1. The SMILES string of the molecule is CCOc1ccc2ncnc(Nc3ccc(Oc4cnc5ccnn5c4)c(C)c3)c2c1O[C@H]1CCN(C)CC1(F)F. The molecule has 1 N–H and O–H groups in total. The Morgan fingerprint density at radius 1 is 1.10 bits per heavy atom. The summed E-state index contributed by atoms with van der Waals surface area (Å²) in [5.41, 5.74) is 2.83. The number of alkyl halides is 2. The van der Waals surface area contributed by atoms with Crippen molar-refractivity contribution in [1.29, 1.82) is 0 Å². The first-order chi connectivity index (χ1) is 19.8. The second kappa shape index (κ2) is 10.8. The van der Waals surface area contributed by atoms with Crippen molar-refractivity contribution in [2.45, 2.75) is 32.3 Å². The second-order valence-corrected chi connectivity index (χ2v) is 9.97. The number of nitrogens with one attached hydrogen (secondary N) is 1. The van der Waals surface area contributed by atoms with E-state index < -0.39 is 12.0 Å². The minimum absolute atomic E-state index is 0.172. The van der Waals surface area contributed by atoms with E-state index in [1.165, 1.54) is 6.33 Å². The van der Waals surface area contributed by atoms with E-state index in [0.29, 0.717) is 52.8 Å². The molecule has 0 aliphatic carbocycles. The fourth-order valence-electron chi connectivity index (χ4n) is 4.91. The van der Waals surface area contributed by atoms with Crippen molar-refractivity contribution >= 4 is 28.1 Å². The number of hydrogen-bond acceptors (Lipinski definition) is 9. The van der Waals surface area contributed by atoms with E-state index in [4.69, 9.17) is 14.2 Å². The number of halogens is 2. The summed E-state index contributed by atoms with van der Waals surface area (Å²) in [6, 6.07) is 10.8. The average molecular weight is 562 g/mol. The Hall–Kier alpha value is -4.58. The molecule has 4 heterocycles. The van der Waals surface area contributed by atoms with Gasteiger partial charge in [-0.3, -0.25) is 0 Å². The topological polar surface area (TPSA) is 98.9 Å². The number of likely N-dealkylation sites (tertiary alicyclic amines) is 1. The first-order valence-corrected chi connectivity index (χ1v) is 13.3. The molecule has 1 fully saturated rings. The molecular formula is C29H29F2N7O3. The van der Waals surface area contributed by atoms with E-state index in [2.05, 4.69) is 25.4 Å². The maximum atomic E-state index is 15.0. The molecule has 6 rings (SSSR count). The van der Waals surface area contributed by atoms with Gasteiger partial charge in [-0.2, -0.15) is 5.10 Å². The highest BCUT2D eigenvalue weighted by molar-refractivity contribution is 5.97. The molecule has 212 valence electrons. The maximum absolute atomic E-state index is 15.0. The average Bonchev–Trinajstić information content (AvgIpc) is 3.41. The van der Waals surface area contributed by atoms with Crippen LogP contribution in [0.2, 0.25) is 0 Å². The number of hydrogen-bond donors (Lipinski definition) is 1. The van der Waals surface area contributed by atoms with Gasteiger partial charge in [0.25, 0.3) is 5.92 Å². The second-order valence-electron chi connectivity index (χ2n) is 9.97. The summed E-state index contributed by atoms with van der Waals surface area (Å²) in [5, 5.41) is 7.96. The number of anilines is 2. The molecular weight excluding hydrogens is 532 g/mol. The Kier molecular flexibility index (Phi) is 7.00. The van der Waals surface area contributed by atoms with E-state index in [1.807, 2.05) is 32.0 Å². The van der Waals surface area contributed by atoms with Crippen LogP contribution in [0.1, 0.15) is 18.9 Å². The molecule has 1 aliphatic rings. The van der Waals surface area contributed by atoms with Gasteiger partial charge >= 0.3 is 0 Å². The van der Waals surface area contributed by atoms with E-state index in [1.54, 1.807) is 53.3 Å². The van der Waals surface area contributed by atoms with E-state index in [0.717, 1.165) is 11.2 Å².